The molecule has 1 atom stereocenters. The molecule has 30 heavy (non-hydrogen) atoms. The van der Waals surface area contributed by atoms with Gasteiger partial charge in [-0.05, 0) is 51.2 Å². The summed E-state index contributed by atoms with van der Waals surface area (Å²) in [6, 6.07) is 0. The van der Waals surface area contributed by atoms with Crippen LogP contribution in [-0.2, 0) is 25.5 Å². The van der Waals surface area contributed by atoms with E-state index in [-0.39, 0.29) is 23.7 Å². The molecule has 0 radical (unpaired) electrons. The second kappa shape index (κ2) is 10.1. The van der Waals surface area contributed by atoms with Crippen molar-refractivity contribution in [3.8, 4) is 0 Å². The Labute approximate surface area is 177 Å². The molecule has 3 heterocycles. The number of esters is 1. The summed E-state index contributed by atoms with van der Waals surface area (Å²) in [5.74, 6) is -0.275. The van der Waals surface area contributed by atoms with E-state index in [1.54, 1.807) is 6.92 Å². The molecule has 8 nitrogen and oxygen atoms in total. The van der Waals surface area contributed by atoms with E-state index < -0.39 is 0 Å². The number of morpholine rings is 1. The number of likely N-dealkylation sites (tertiary alicyclic amines) is 1. The number of aryl methyl sites for hydroxylation is 1. The third-order valence-electron chi connectivity index (χ3n) is 6.11. The second-order valence-corrected chi connectivity index (χ2v) is 8.07. The fourth-order valence-electron chi connectivity index (χ4n) is 4.41. The van der Waals surface area contributed by atoms with Gasteiger partial charge in [-0.2, -0.15) is 0 Å². The van der Waals surface area contributed by atoms with Gasteiger partial charge in [0.25, 0.3) is 0 Å². The number of hydrogen-bond acceptors (Lipinski definition) is 5. The minimum absolute atomic E-state index is 0.0622. The molecule has 0 aliphatic carbocycles. The molecule has 2 aliphatic heterocycles. The zero-order valence-corrected chi connectivity index (χ0v) is 18.3. The monoisotopic (exact) mass is 419 g/mol. The molecule has 1 aromatic heterocycles. The number of ether oxygens (including phenoxy) is 2. The molecular formula is C22H33N3O5. The lowest BCUT2D eigenvalue weighted by atomic mass is 9.95. The maximum Gasteiger partial charge on any atom is 0.355 e. The average molecular weight is 420 g/mol. The Morgan fingerprint density at radius 2 is 1.87 bits per heavy atom. The van der Waals surface area contributed by atoms with Gasteiger partial charge in [-0.1, -0.05) is 0 Å². The summed E-state index contributed by atoms with van der Waals surface area (Å²) in [6.45, 7) is 9.53. The third kappa shape index (κ3) is 5.03. The standard InChI is InChI=1S/C22H33N3O5/c1-4-30-22(28)20-15(2)18(16(3)23-20)7-8-19(26)25-9-5-6-17(14-25)21(27)24-10-12-29-13-11-24/h17,23H,4-14H2,1-3H3. The Hall–Kier alpha value is -2.35. The zero-order valence-electron chi connectivity index (χ0n) is 18.3. The van der Waals surface area contributed by atoms with Crippen LogP contribution in [0.5, 0.6) is 0 Å². The van der Waals surface area contributed by atoms with Crippen LogP contribution in [0.2, 0.25) is 0 Å². The Bertz CT molecular complexity index is 782. The maximum atomic E-state index is 12.9. The Kier molecular flexibility index (Phi) is 7.53. The Morgan fingerprint density at radius 3 is 2.57 bits per heavy atom. The number of hydrogen-bond donors (Lipinski definition) is 1. The van der Waals surface area contributed by atoms with Crippen LogP contribution in [0.4, 0.5) is 0 Å². The summed E-state index contributed by atoms with van der Waals surface area (Å²) < 4.78 is 10.4. The Morgan fingerprint density at radius 1 is 1.13 bits per heavy atom. The summed E-state index contributed by atoms with van der Waals surface area (Å²) in [5.41, 5.74) is 3.19. The summed E-state index contributed by atoms with van der Waals surface area (Å²) in [4.78, 5) is 44.5. The molecule has 0 spiro atoms. The molecule has 166 valence electrons. The van der Waals surface area contributed by atoms with E-state index >= 15 is 0 Å². The number of piperidine rings is 1. The number of aromatic amines is 1. The largest absolute Gasteiger partial charge is 0.461 e. The van der Waals surface area contributed by atoms with Gasteiger partial charge in [-0.25, -0.2) is 4.79 Å². The SMILES string of the molecule is CCOC(=O)c1[nH]c(C)c(CCC(=O)N2CCCC(C(=O)N3CCOCC3)C2)c1C. The molecule has 2 aliphatic rings. The highest BCUT2D eigenvalue weighted by molar-refractivity contribution is 5.90. The molecule has 0 aromatic carbocycles. The third-order valence-corrected chi connectivity index (χ3v) is 6.11. The Balaban J connectivity index is 1.57. The van der Waals surface area contributed by atoms with Gasteiger partial charge in [0.15, 0.2) is 0 Å². The molecular weight excluding hydrogens is 386 g/mol. The summed E-state index contributed by atoms with van der Waals surface area (Å²) in [6.07, 6.45) is 2.60. The fourth-order valence-corrected chi connectivity index (χ4v) is 4.41. The molecule has 2 saturated heterocycles. The normalized spacial score (nSPS) is 19.6. The van der Waals surface area contributed by atoms with Crippen molar-refractivity contribution in [1.29, 1.82) is 0 Å². The fraction of sp³-hybridized carbons (Fsp3) is 0.682. The first-order valence-corrected chi connectivity index (χ1v) is 10.9. The highest BCUT2D eigenvalue weighted by Gasteiger charge is 2.32. The molecule has 1 unspecified atom stereocenters. The number of nitrogens with one attached hydrogen (secondary N) is 1. The van der Waals surface area contributed by atoms with Crippen molar-refractivity contribution in [2.75, 3.05) is 46.0 Å². The minimum Gasteiger partial charge on any atom is -0.461 e. The average Bonchev–Trinajstić information content (AvgIpc) is 3.05. The van der Waals surface area contributed by atoms with Crippen LogP contribution in [0.15, 0.2) is 0 Å². The summed E-state index contributed by atoms with van der Waals surface area (Å²) >= 11 is 0. The molecule has 0 saturated carbocycles. The van der Waals surface area contributed by atoms with Crippen molar-refractivity contribution < 1.29 is 23.9 Å². The molecule has 0 bridgehead atoms. The van der Waals surface area contributed by atoms with Crippen LogP contribution in [0.25, 0.3) is 0 Å². The number of amides is 2. The molecule has 1 N–H and O–H groups in total. The lowest BCUT2D eigenvalue weighted by Crippen LogP contribution is -2.49. The quantitative estimate of drug-likeness (QED) is 0.711. The van der Waals surface area contributed by atoms with Crippen LogP contribution in [0.3, 0.4) is 0 Å². The van der Waals surface area contributed by atoms with Crippen molar-refractivity contribution in [3.63, 3.8) is 0 Å². The van der Waals surface area contributed by atoms with Crippen molar-refractivity contribution >= 4 is 17.8 Å². The van der Waals surface area contributed by atoms with Crippen LogP contribution in [-0.4, -0.2) is 78.6 Å². The predicted molar refractivity (Wildman–Crippen MR) is 111 cm³/mol. The van der Waals surface area contributed by atoms with E-state index in [4.69, 9.17) is 9.47 Å². The van der Waals surface area contributed by atoms with E-state index in [0.717, 1.165) is 29.7 Å². The smallest absolute Gasteiger partial charge is 0.355 e. The lowest BCUT2D eigenvalue weighted by Gasteiger charge is -2.36. The number of rotatable bonds is 6. The van der Waals surface area contributed by atoms with E-state index in [1.165, 1.54) is 0 Å². The van der Waals surface area contributed by atoms with Gasteiger partial charge in [-0.3, -0.25) is 9.59 Å². The van der Waals surface area contributed by atoms with E-state index in [9.17, 15) is 14.4 Å². The number of carbonyl (C=O) groups excluding carboxylic acids is 3. The molecule has 2 amide bonds. The number of aromatic nitrogens is 1. The highest BCUT2D eigenvalue weighted by Crippen LogP contribution is 2.23. The first-order chi connectivity index (χ1) is 14.4. The van der Waals surface area contributed by atoms with Gasteiger partial charge in [0, 0.05) is 38.3 Å². The van der Waals surface area contributed by atoms with Crippen LogP contribution < -0.4 is 0 Å². The summed E-state index contributed by atoms with van der Waals surface area (Å²) in [5, 5.41) is 0. The number of H-pyrrole nitrogens is 1. The van der Waals surface area contributed by atoms with Gasteiger partial charge in [0.2, 0.25) is 11.8 Å². The predicted octanol–water partition coefficient (Wildman–Crippen LogP) is 1.84. The van der Waals surface area contributed by atoms with Gasteiger partial charge >= 0.3 is 5.97 Å². The first-order valence-electron chi connectivity index (χ1n) is 10.9. The summed E-state index contributed by atoms with van der Waals surface area (Å²) in [7, 11) is 0. The van der Waals surface area contributed by atoms with E-state index in [0.29, 0.717) is 64.5 Å². The van der Waals surface area contributed by atoms with Gasteiger partial charge in [-0.15, -0.1) is 0 Å². The van der Waals surface area contributed by atoms with Crippen molar-refractivity contribution in [2.24, 2.45) is 5.92 Å². The number of carbonyl (C=O) groups is 3. The lowest BCUT2D eigenvalue weighted by molar-refractivity contribution is -0.144. The maximum absolute atomic E-state index is 12.9. The molecule has 2 fully saturated rings. The van der Waals surface area contributed by atoms with Crippen molar-refractivity contribution in [1.82, 2.24) is 14.8 Å². The van der Waals surface area contributed by atoms with E-state index in [1.807, 2.05) is 23.6 Å². The number of nitrogens with zero attached hydrogens (tertiary/aromatic N) is 2. The van der Waals surface area contributed by atoms with Crippen LogP contribution in [0.1, 0.15) is 53.5 Å². The minimum atomic E-state index is -0.365. The van der Waals surface area contributed by atoms with Crippen LogP contribution in [0, 0.1) is 19.8 Å². The van der Waals surface area contributed by atoms with E-state index in [2.05, 4.69) is 4.98 Å². The molecule has 3 rings (SSSR count). The van der Waals surface area contributed by atoms with Gasteiger partial charge < -0.3 is 24.3 Å². The van der Waals surface area contributed by atoms with Crippen molar-refractivity contribution in [3.05, 3.63) is 22.5 Å². The van der Waals surface area contributed by atoms with Crippen molar-refractivity contribution in [2.45, 2.75) is 46.5 Å². The second-order valence-electron chi connectivity index (χ2n) is 8.07. The van der Waals surface area contributed by atoms with Gasteiger partial charge in [0.1, 0.15) is 5.69 Å². The van der Waals surface area contributed by atoms with Crippen LogP contribution >= 0.6 is 0 Å². The molecule has 1 aromatic rings. The topological polar surface area (TPSA) is 91.9 Å². The highest BCUT2D eigenvalue weighted by atomic mass is 16.5. The first kappa shape index (κ1) is 22.3. The van der Waals surface area contributed by atoms with Gasteiger partial charge in [0.05, 0.1) is 25.7 Å². The molecule has 8 heteroatoms. The zero-order chi connectivity index (χ0) is 21.7.